The first-order valence-corrected chi connectivity index (χ1v) is 24.4. The molecule has 8 rings (SSSR count). The van der Waals surface area contributed by atoms with Crippen LogP contribution in [0.5, 0.6) is 0 Å². The predicted molar refractivity (Wildman–Crippen MR) is 269 cm³/mol. The fourth-order valence-electron chi connectivity index (χ4n) is 9.31. The molecule has 330 valence electrons. The van der Waals surface area contributed by atoms with E-state index in [4.69, 9.17) is 0 Å². The Morgan fingerprint density at radius 1 is 0.548 bits per heavy atom. The minimum absolute atomic E-state index is 0.223. The van der Waals surface area contributed by atoms with E-state index in [2.05, 4.69) is 137 Å². The Labute approximate surface area is 376 Å². The number of Topliss-reactive ketones (excluding diaryl/α,β-unsaturated/α-hetero) is 1. The highest BCUT2D eigenvalue weighted by Gasteiger charge is 2.24. The van der Waals surface area contributed by atoms with Crippen molar-refractivity contribution >= 4 is 34.2 Å². The number of ketones is 1. The molecule has 0 spiro atoms. The maximum absolute atomic E-state index is 12.3. The predicted octanol–water partition coefficient (Wildman–Crippen LogP) is 15.9. The van der Waals surface area contributed by atoms with Gasteiger partial charge in [-0.25, -0.2) is 0 Å². The van der Waals surface area contributed by atoms with E-state index in [-0.39, 0.29) is 5.78 Å². The van der Waals surface area contributed by atoms with Gasteiger partial charge in [-0.2, -0.15) is 0 Å². The normalized spacial score (nSPS) is 14.1. The first-order chi connectivity index (χ1) is 30.1. The van der Waals surface area contributed by atoms with Crippen molar-refractivity contribution in [1.82, 2.24) is 0 Å². The molecule has 5 aromatic carbocycles. The highest BCUT2D eigenvalue weighted by atomic mass is 16.1. The number of hydrogen-bond acceptors (Lipinski definition) is 4. The van der Waals surface area contributed by atoms with Gasteiger partial charge in [-0.3, -0.25) is 4.79 Å². The first kappa shape index (κ1) is 46.7. The topological polar surface area (TPSA) is 26.8 Å². The number of fused-ring (bicyclic) bond motifs is 1. The molecule has 4 heteroatoms. The van der Waals surface area contributed by atoms with Crippen molar-refractivity contribution in [1.29, 1.82) is 0 Å². The largest absolute Gasteiger partial charge is 0.371 e. The van der Waals surface area contributed by atoms with Crippen molar-refractivity contribution in [3.05, 3.63) is 148 Å². The van der Waals surface area contributed by atoms with Crippen LogP contribution < -0.4 is 14.7 Å². The lowest BCUT2D eigenvalue weighted by Crippen LogP contribution is -2.34. The smallest absolute Gasteiger partial charge is 0.162 e. The van der Waals surface area contributed by atoms with Gasteiger partial charge < -0.3 is 14.7 Å². The van der Waals surface area contributed by atoms with Gasteiger partial charge >= 0.3 is 0 Å². The van der Waals surface area contributed by atoms with Crippen LogP contribution >= 0.6 is 0 Å². The zero-order valence-electron chi connectivity index (χ0n) is 39.7. The molecule has 62 heavy (non-hydrogen) atoms. The number of para-hydroxylation sites is 1. The third kappa shape index (κ3) is 12.2. The summed E-state index contributed by atoms with van der Waals surface area (Å²) in [6, 6.07) is 39.1. The summed E-state index contributed by atoms with van der Waals surface area (Å²) in [6.07, 6.45) is 14.5. The van der Waals surface area contributed by atoms with Crippen LogP contribution in [0, 0.1) is 0 Å². The number of hydrogen-bond donors (Lipinski definition) is 0. The SMILES string of the molecule is CC(C)c1cc2c3c(c1)CCCN3CCC2.CCCCC(=O)c1ccc(N(c2ccccc2)c2ccc(C(C)C)cc2)cc1.CCCCCN1CCCc2cc(C(C)C)ccc21. The number of aryl methyl sites for hydroxylation is 3. The van der Waals surface area contributed by atoms with Crippen LogP contribution in [0.3, 0.4) is 0 Å². The lowest BCUT2D eigenvalue weighted by atomic mass is 9.87. The van der Waals surface area contributed by atoms with Crippen molar-refractivity contribution in [2.24, 2.45) is 0 Å². The summed E-state index contributed by atoms with van der Waals surface area (Å²) in [5.74, 6) is 2.04. The molecule has 0 bridgehead atoms. The molecule has 0 saturated heterocycles. The summed E-state index contributed by atoms with van der Waals surface area (Å²) in [6.45, 7) is 23.0. The average Bonchev–Trinajstić information content (AvgIpc) is 3.29. The van der Waals surface area contributed by atoms with E-state index < -0.39 is 0 Å². The average molecular weight is 832 g/mol. The van der Waals surface area contributed by atoms with Crippen LogP contribution in [-0.4, -0.2) is 32.0 Å². The van der Waals surface area contributed by atoms with E-state index in [0.717, 1.165) is 35.5 Å². The number of benzene rings is 5. The molecule has 0 amide bonds. The van der Waals surface area contributed by atoms with Crippen LogP contribution in [0.2, 0.25) is 0 Å². The Balaban J connectivity index is 0.000000163. The van der Waals surface area contributed by atoms with Crippen LogP contribution in [0.15, 0.2) is 109 Å². The quantitative estimate of drug-likeness (QED) is 0.0823. The number of rotatable bonds is 14. The number of unbranched alkanes of at least 4 members (excludes halogenated alkanes) is 3. The Hall–Kier alpha value is -4.83. The molecule has 3 aliphatic rings. The van der Waals surface area contributed by atoms with Crippen LogP contribution in [0.4, 0.5) is 28.4 Å². The van der Waals surface area contributed by atoms with Gasteiger partial charge in [0.15, 0.2) is 5.78 Å². The van der Waals surface area contributed by atoms with Crippen molar-refractivity contribution < 1.29 is 4.79 Å². The molecule has 4 nitrogen and oxygen atoms in total. The van der Waals surface area contributed by atoms with Crippen molar-refractivity contribution in [3.8, 4) is 0 Å². The van der Waals surface area contributed by atoms with E-state index in [0.29, 0.717) is 24.2 Å². The Kier molecular flexibility index (Phi) is 17.3. The van der Waals surface area contributed by atoms with E-state index >= 15 is 0 Å². The minimum Gasteiger partial charge on any atom is -0.371 e. The standard InChI is InChI=1S/C26H29NO.C17H27N.C15H21N/c1-4-5-11-26(28)22-14-18-25(19-15-22)27(23-9-7-6-8-10-23)24-16-12-21(13-17-24)20(2)3;1-4-5-6-11-18-12-7-8-16-13-15(14(2)3)9-10-17(16)18;1-11(2)14-9-12-5-3-7-16-8-4-6-13(10-14)15(12)16/h6-10,12-20H,4-5,11H2,1-3H3;9-10,13-14H,4-8,11-12H2,1-3H3;9-11H,3-8H2,1-2H3. The maximum Gasteiger partial charge on any atom is 0.162 e. The Morgan fingerprint density at radius 3 is 1.65 bits per heavy atom. The molecule has 0 aliphatic carbocycles. The molecule has 5 aromatic rings. The molecular weight excluding hydrogens is 755 g/mol. The molecule has 0 saturated carbocycles. The maximum atomic E-state index is 12.3. The molecule has 0 unspecified atom stereocenters. The van der Waals surface area contributed by atoms with Crippen molar-refractivity contribution in [3.63, 3.8) is 0 Å². The van der Waals surface area contributed by atoms with Crippen molar-refractivity contribution in [2.45, 2.75) is 150 Å². The Bertz CT molecular complexity index is 2100. The number of anilines is 5. The molecular formula is C58H77N3O. The van der Waals surface area contributed by atoms with Gasteiger partial charge in [0, 0.05) is 66.6 Å². The highest BCUT2D eigenvalue weighted by Crippen LogP contribution is 2.38. The first-order valence-electron chi connectivity index (χ1n) is 24.4. The fraction of sp³-hybridized carbons (Fsp3) is 0.466. The molecule has 3 heterocycles. The van der Waals surface area contributed by atoms with Gasteiger partial charge in [-0.1, -0.05) is 129 Å². The highest BCUT2D eigenvalue weighted by molar-refractivity contribution is 5.96. The zero-order valence-corrected chi connectivity index (χ0v) is 39.7. The molecule has 0 fully saturated rings. The van der Waals surface area contributed by atoms with Gasteiger partial charge in [-0.15, -0.1) is 0 Å². The van der Waals surface area contributed by atoms with Crippen LogP contribution in [0.25, 0.3) is 0 Å². The third-order valence-corrected chi connectivity index (χ3v) is 13.1. The number of carbonyl (C=O) groups excluding carboxylic acids is 1. The van der Waals surface area contributed by atoms with Gasteiger partial charge in [0.25, 0.3) is 0 Å². The molecule has 0 aromatic heterocycles. The summed E-state index contributed by atoms with van der Waals surface area (Å²) in [5.41, 5.74) is 16.3. The molecule has 0 N–H and O–H groups in total. The number of nitrogens with zero attached hydrogens (tertiary/aromatic N) is 3. The van der Waals surface area contributed by atoms with E-state index in [1.54, 1.807) is 22.4 Å². The van der Waals surface area contributed by atoms with E-state index in [1.165, 1.54) is 106 Å². The number of carbonyl (C=O) groups is 1. The second-order valence-electron chi connectivity index (χ2n) is 18.9. The van der Waals surface area contributed by atoms with Crippen LogP contribution in [0.1, 0.15) is 175 Å². The minimum atomic E-state index is 0.223. The second kappa shape index (κ2) is 23.0. The van der Waals surface area contributed by atoms with Gasteiger partial charge in [0.1, 0.15) is 0 Å². The summed E-state index contributed by atoms with van der Waals surface area (Å²) >= 11 is 0. The summed E-state index contributed by atoms with van der Waals surface area (Å²) in [7, 11) is 0. The fourth-order valence-corrected chi connectivity index (χ4v) is 9.31. The van der Waals surface area contributed by atoms with Crippen LogP contribution in [-0.2, 0) is 19.3 Å². The Morgan fingerprint density at radius 2 is 1.06 bits per heavy atom. The van der Waals surface area contributed by atoms with Crippen molar-refractivity contribution in [2.75, 3.05) is 40.9 Å². The van der Waals surface area contributed by atoms with Gasteiger partial charge in [-0.05, 0) is 157 Å². The monoisotopic (exact) mass is 832 g/mol. The van der Waals surface area contributed by atoms with Gasteiger partial charge in [0.05, 0.1) is 0 Å². The third-order valence-electron chi connectivity index (χ3n) is 13.1. The molecule has 0 radical (unpaired) electrons. The van der Waals surface area contributed by atoms with E-state index in [9.17, 15) is 4.79 Å². The second-order valence-corrected chi connectivity index (χ2v) is 18.9. The molecule has 0 atom stereocenters. The summed E-state index contributed by atoms with van der Waals surface area (Å²) in [4.78, 5) is 19.7. The summed E-state index contributed by atoms with van der Waals surface area (Å²) < 4.78 is 0. The summed E-state index contributed by atoms with van der Waals surface area (Å²) in [5, 5.41) is 0. The molecule has 3 aliphatic heterocycles. The lowest BCUT2D eigenvalue weighted by molar-refractivity contribution is 0.0979. The van der Waals surface area contributed by atoms with E-state index in [1.807, 2.05) is 42.5 Å². The van der Waals surface area contributed by atoms with Gasteiger partial charge in [0.2, 0.25) is 0 Å². The lowest BCUT2D eigenvalue weighted by Gasteiger charge is -2.37. The zero-order chi connectivity index (χ0) is 44.0.